The summed E-state index contributed by atoms with van der Waals surface area (Å²) in [5, 5.41) is 0. The normalized spacial score (nSPS) is 22.5. The molecule has 22 heavy (non-hydrogen) atoms. The van der Waals surface area contributed by atoms with Crippen molar-refractivity contribution in [3.63, 3.8) is 0 Å². The summed E-state index contributed by atoms with van der Waals surface area (Å²) in [7, 11) is 0. The Balaban J connectivity index is 1.68. The molecule has 1 saturated heterocycles. The monoisotopic (exact) mass is 305 g/mol. The first-order valence-corrected chi connectivity index (χ1v) is 8.17. The second-order valence-electron chi connectivity index (χ2n) is 6.12. The van der Waals surface area contributed by atoms with E-state index in [-0.39, 0.29) is 5.78 Å². The summed E-state index contributed by atoms with van der Waals surface area (Å²) in [5.41, 5.74) is 0.665. The van der Waals surface area contributed by atoms with Crippen molar-refractivity contribution in [2.24, 2.45) is 0 Å². The Morgan fingerprint density at radius 3 is 2.59 bits per heavy atom. The van der Waals surface area contributed by atoms with E-state index >= 15 is 0 Å². The highest BCUT2D eigenvalue weighted by Gasteiger charge is 2.21. The van der Waals surface area contributed by atoms with E-state index in [0.29, 0.717) is 30.1 Å². The highest BCUT2D eigenvalue weighted by molar-refractivity contribution is 5.96. The van der Waals surface area contributed by atoms with Crippen LogP contribution in [0.3, 0.4) is 0 Å². The Morgan fingerprint density at radius 2 is 1.91 bits per heavy atom. The van der Waals surface area contributed by atoms with Crippen molar-refractivity contribution in [1.82, 2.24) is 4.90 Å². The van der Waals surface area contributed by atoms with Gasteiger partial charge in [0.25, 0.3) is 0 Å². The maximum atomic E-state index is 11.5. The van der Waals surface area contributed by atoms with Gasteiger partial charge in [0.05, 0.1) is 24.4 Å². The van der Waals surface area contributed by atoms with Crippen LogP contribution in [-0.4, -0.2) is 49.1 Å². The lowest BCUT2D eigenvalue weighted by Crippen LogP contribution is -2.45. The van der Waals surface area contributed by atoms with Crippen LogP contribution in [0.15, 0.2) is 24.3 Å². The van der Waals surface area contributed by atoms with Crippen LogP contribution in [0.2, 0.25) is 0 Å². The van der Waals surface area contributed by atoms with Gasteiger partial charge in [0.1, 0.15) is 5.75 Å². The lowest BCUT2D eigenvalue weighted by atomic mass is 10.1. The van der Waals surface area contributed by atoms with Gasteiger partial charge in [-0.05, 0) is 52.3 Å². The van der Waals surface area contributed by atoms with E-state index in [9.17, 15) is 4.79 Å². The molecule has 1 aliphatic rings. The third kappa shape index (κ3) is 5.11. The highest BCUT2D eigenvalue weighted by Crippen LogP contribution is 2.18. The minimum atomic E-state index is 0.0480. The zero-order valence-electron chi connectivity index (χ0n) is 13.9. The summed E-state index contributed by atoms with van der Waals surface area (Å²) in [4.78, 5) is 14.0. The number of ketones is 1. The summed E-state index contributed by atoms with van der Waals surface area (Å²) >= 11 is 0. The third-order valence-corrected chi connectivity index (χ3v) is 3.89. The summed E-state index contributed by atoms with van der Waals surface area (Å²) in [5.74, 6) is 0.746. The van der Waals surface area contributed by atoms with Crippen molar-refractivity contribution in [2.75, 3.05) is 26.2 Å². The van der Waals surface area contributed by atoms with Crippen molar-refractivity contribution in [3.8, 4) is 5.75 Å². The summed E-state index contributed by atoms with van der Waals surface area (Å²) in [6.45, 7) is 9.59. The molecule has 1 aliphatic heterocycles. The van der Waals surface area contributed by atoms with Crippen LogP contribution in [0.25, 0.3) is 0 Å². The topological polar surface area (TPSA) is 38.8 Å². The van der Waals surface area contributed by atoms with E-state index in [1.165, 1.54) is 0 Å². The van der Waals surface area contributed by atoms with Crippen molar-refractivity contribution >= 4 is 5.78 Å². The molecule has 0 unspecified atom stereocenters. The van der Waals surface area contributed by atoms with Crippen molar-refractivity contribution in [1.29, 1.82) is 0 Å². The van der Waals surface area contributed by atoms with Crippen LogP contribution >= 0.6 is 0 Å². The average molecular weight is 305 g/mol. The largest absolute Gasteiger partial charge is 0.493 e. The van der Waals surface area contributed by atoms with Crippen molar-refractivity contribution in [2.45, 2.75) is 45.8 Å². The number of carbonyl (C=O) groups excluding carboxylic acids is 1. The van der Waals surface area contributed by atoms with E-state index < -0.39 is 0 Å². The first-order chi connectivity index (χ1) is 10.6. The first kappa shape index (κ1) is 17.0. The zero-order chi connectivity index (χ0) is 15.9. The maximum Gasteiger partial charge on any atom is 0.163 e. The summed E-state index contributed by atoms with van der Waals surface area (Å²) in [6, 6.07) is 7.44. The second-order valence-corrected chi connectivity index (χ2v) is 6.12. The van der Waals surface area contributed by atoms with Gasteiger partial charge in [-0.3, -0.25) is 9.69 Å². The maximum absolute atomic E-state index is 11.5. The van der Waals surface area contributed by atoms with E-state index in [1.54, 1.807) is 6.92 Å². The molecule has 1 aromatic carbocycles. The predicted molar refractivity (Wildman–Crippen MR) is 87.6 cm³/mol. The summed E-state index contributed by atoms with van der Waals surface area (Å²) < 4.78 is 11.5. The molecule has 1 fully saturated rings. The van der Waals surface area contributed by atoms with Gasteiger partial charge in [-0.2, -0.15) is 0 Å². The first-order valence-electron chi connectivity index (χ1n) is 8.17. The van der Waals surface area contributed by atoms with E-state index in [1.807, 2.05) is 24.3 Å². The molecule has 0 aromatic heterocycles. The van der Waals surface area contributed by atoms with E-state index in [2.05, 4.69) is 18.7 Å². The number of ether oxygens (including phenoxy) is 2. The molecule has 0 radical (unpaired) electrons. The van der Waals surface area contributed by atoms with Gasteiger partial charge in [-0.25, -0.2) is 0 Å². The Bertz CT molecular complexity index is 479. The minimum absolute atomic E-state index is 0.0480. The van der Waals surface area contributed by atoms with Gasteiger partial charge in [0, 0.05) is 13.1 Å². The van der Waals surface area contributed by atoms with Crippen LogP contribution < -0.4 is 4.74 Å². The Hall–Kier alpha value is -1.39. The molecule has 1 aromatic rings. The smallest absolute Gasteiger partial charge is 0.163 e. The molecule has 4 nitrogen and oxygen atoms in total. The van der Waals surface area contributed by atoms with Crippen LogP contribution in [0.5, 0.6) is 5.75 Å². The van der Waals surface area contributed by atoms with Crippen molar-refractivity contribution in [3.05, 3.63) is 29.8 Å². The third-order valence-electron chi connectivity index (χ3n) is 3.89. The number of unbranched alkanes of at least 4 members (excludes halogenated alkanes) is 1. The molecule has 122 valence electrons. The molecule has 2 atom stereocenters. The molecular weight excluding hydrogens is 278 g/mol. The fraction of sp³-hybridized carbons (Fsp3) is 0.611. The van der Waals surface area contributed by atoms with Crippen LogP contribution in [0.4, 0.5) is 0 Å². The van der Waals surface area contributed by atoms with Gasteiger partial charge in [-0.15, -0.1) is 0 Å². The van der Waals surface area contributed by atoms with Crippen LogP contribution in [0.1, 0.15) is 44.0 Å². The fourth-order valence-electron chi connectivity index (χ4n) is 2.97. The SMILES string of the molecule is CC(=O)c1ccccc1OCCCCN1C[C@H](C)O[C@@H](C)C1. The molecule has 2 rings (SSSR count). The molecule has 0 saturated carbocycles. The molecular formula is C18H27NO3. The van der Waals surface area contributed by atoms with Crippen LogP contribution in [-0.2, 0) is 4.74 Å². The summed E-state index contributed by atoms with van der Waals surface area (Å²) in [6.07, 6.45) is 2.73. The molecule has 0 spiro atoms. The van der Waals surface area contributed by atoms with Gasteiger partial charge >= 0.3 is 0 Å². The number of para-hydroxylation sites is 1. The molecule has 0 N–H and O–H groups in total. The lowest BCUT2D eigenvalue weighted by Gasteiger charge is -2.35. The van der Waals surface area contributed by atoms with Gasteiger partial charge in [-0.1, -0.05) is 12.1 Å². The second kappa shape index (κ2) is 8.30. The molecule has 0 amide bonds. The Kier molecular flexibility index (Phi) is 6.40. The number of morpholine rings is 1. The molecule has 1 heterocycles. The van der Waals surface area contributed by atoms with Gasteiger partial charge < -0.3 is 9.47 Å². The number of rotatable bonds is 7. The standard InChI is InChI=1S/C18H27NO3/c1-14-12-19(13-15(2)22-14)10-6-7-11-21-18-9-5-4-8-17(18)16(3)20/h4-5,8-9,14-15H,6-7,10-13H2,1-3H3/t14-,15-/m0/s1. The van der Waals surface area contributed by atoms with Crippen molar-refractivity contribution < 1.29 is 14.3 Å². The minimum Gasteiger partial charge on any atom is -0.493 e. The number of nitrogens with zero attached hydrogens (tertiary/aromatic N) is 1. The van der Waals surface area contributed by atoms with Crippen LogP contribution in [0, 0.1) is 0 Å². The number of Topliss-reactive ketones (excluding diaryl/α,β-unsaturated/α-hetero) is 1. The predicted octanol–water partition coefficient (Wildman–Crippen LogP) is 3.16. The number of hydrogen-bond acceptors (Lipinski definition) is 4. The van der Waals surface area contributed by atoms with E-state index in [0.717, 1.165) is 32.5 Å². The number of benzene rings is 1. The van der Waals surface area contributed by atoms with Gasteiger partial charge in [0.2, 0.25) is 0 Å². The lowest BCUT2D eigenvalue weighted by molar-refractivity contribution is -0.0682. The Labute approximate surface area is 133 Å². The zero-order valence-corrected chi connectivity index (χ0v) is 13.9. The number of carbonyl (C=O) groups is 1. The molecule has 4 heteroatoms. The highest BCUT2D eigenvalue weighted by atomic mass is 16.5. The van der Waals surface area contributed by atoms with E-state index in [4.69, 9.17) is 9.47 Å². The average Bonchev–Trinajstić information content (AvgIpc) is 2.46. The van der Waals surface area contributed by atoms with Gasteiger partial charge in [0.15, 0.2) is 5.78 Å². The Morgan fingerprint density at radius 1 is 1.23 bits per heavy atom. The number of hydrogen-bond donors (Lipinski definition) is 0. The molecule has 0 bridgehead atoms. The fourth-order valence-corrected chi connectivity index (χ4v) is 2.97. The quantitative estimate of drug-likeness (QED) is 0.573. The molecule has 0 aliphatic carbocycles.